The van der Waals surface area contributed by atoms with Gasteiger partial charge in [0.25, 0.3) is 0 Å². The first kappa shape index (κ1) is 13.3. The highest BCUT2D eigenvalue weighted by Gasteiger charge is 2.25. The minimum absolute atomic E-state index is 0.170. The molecule has 0 spiro atoms. The summed E-state index contributed by atoms with van der Waals surface area (Å²) >= 11 is 3.45. The third-order valence-corrected chi connectivity index (χ3v) is 3.88. The monoisotopic (exact) mass is 334 g/mol. The molecule has 6 heteroatoms. The third-order valence-electron chi connectivity index (χ3n) is 3.29. The molecule has 104 valence electrons. The van der Waals surface area contributed by atoms with Gasteiger partial charge in [-0.15, -0.1) is 0 Å². The van der Waals surface area contributed by atoms with Crippen LogP contribution < -0.4 is 9.64 Å². The molecule has 0 aromatic carbocycles. The van der Waals surface area contributed by atoms with E-state index in [1.54, 1.807) is 18.7 Å². The molecule has 1 aliphatic heterocycles. The van der Waals surface area contributed by atoms with Gasteiger partial charge in [-0.25, -0.2) is 9.97 Å². The summed E-state index contributed by atoms with van der Waals surface area (Å²) in [6.45, 7) is 3.76. The Bertz CT molecular complexity index is 607. The number of rotatable bonds is 3. The van der Waals surface area contributed by atoms with Gasteiger partial charge >= 0.3 is 0 Å². The second kappa shape index (κ2) is 5.75. The van der Waals surface area contributed by atoms with E-state index in [0.29, 0.717) is 0 Å². The Balaban J connectivity index is 1.67. The van der Waals surface area contributed by atoms with Crippen molar-refractivity contribution >= 4 is 21.7 Å². The summed E-state index contributed by atoms with van der Waals surface area (Å²) in [7, 11) is 0. The Morgan fingerprint density at radius 1 is 1.40 bits per heavy atom. The molecule has 3 rings (SSSR count). The van der Waals surface area contributed by atoms with Gasteiger partial charge in [0.2, 0.25) is 0 Å². The number of aryl methyl sites for hydroxylation is 1. The van der Waals surface area contributed by atoms with E-state index in [0.717, 1.165) is 41.2 Å². The number of anilines is 1. The van der Waals surface area contributed by atoms with E-state index in [2.05, 4.69) is 35.8 Å². The topological polar surface area (TPSA) is 51.1 Å². The largest absolute Gasteiger partial charge is 0.487 e. The van der Waals surface area contributed by atoms with Crippen molar-refractivity contribution < 1.29 is 4.74 Å². The van der Waals surface area contributed by atoms with E-state index in [4.69, 9.17) is 4.74 Å². The second-order valence-corrected chi connectivity index (χ2v) is 5.65. The Morgan fingerprint density at radius 2 is 2.30 bits per heavy atom. The lowest BCUT2D eigenvalue weighted by atomic mass is 10.3. The summed E-state index contributed by atoms with van der Waals surface area (Å²) in [5.41, 5.74) is 0.983. The first-order valence-corrected chi connectivity index (χ1v) is 7.31. The van der Waals surface area contributed by atoms with Crippen LogP contribution in [0, 0.1) is 6.92 Å². The van der Waals surface area contributed by atoms with E-state index in [1.165, 1.54) is 0 Å². The van der Waals surface area contributed by atoms with Gasteiger partial charge in [-0.3, -0.25) is 4.98 Å². The van der Waals surface area contributed by atoms with Gasteiger partial charge in [-0.05, 0) is 28.9 Å². The number of aromatic nitrogens is 3. The van der Waals surface area contributed by atoms with Crippen LogP contribution >= 0.6 is 15.9 Å². The lowest BCUT2D eigenvalue weighted by Crippen LogP contribution is -2.25. The van der Waals surface area contributed by atoms with Gasteiger partial charge in [0.05, 0.1) is 11.0 Å². The van der Waals surface area contributed by atoms with Gasteiger partial charge in [-0.2, -0.15) is 0 Å². The average Bonchev–Trinajstić information content (AvgIpc) is 2.90. The maximum atomic E-state index is 6.02. The fourth-order valence-corrected chi connectivity index (χ4v) is 2.63. The van der Waals surface area contributed by atoms with Gasteiger partial charge in [0.15, 0.2) is 0 Å². The first-order valence-electron chi connectivity index (χ1n) is 6.52. The maximum absolute atomic E-state index is 6.02. The molecule has 1 aliphatic rings. The zero-order chi connectivity index (χ0) is 13.9. The Kier molecular flexibility index (Phi) is 3.82. The number of nitrogens with zero attached hydrogens (tertiary/aromatic N) is 4. The summed E-state index contributed by atoms with van der Waals surface area (Å²) in [6, 6.07) is 3.88. The van der Waals surface area contributed by atoms with Crippen LogP contribution in [0.4, 0.5) is 5.82 Å². The molecule has 0 aliphatic carbocycles. The molecule has 0 radical (unpaired) electrons. The molecular weight excluding hydrogens is 320 g/mol. The summed E-state index contributed by atoms with van der Waals surface area (Å²) in [4.78, 5) is 14.7. The van der Waals surface area contributed by atoms with E-state index < -0.39 is 0 Å². The van der Waals surface area contributed by atoms with Crippen LogP contribution in [0.2, 0.25) is 0 Å². The molecule has 1 saturated heterocycles. The number of hydrogen-bond acceptors (Lipinski definition) is 5. The lowest BCUT2D eigenvalue weighted by Gasteiger charge is -2.18. The minimum atomic E-state index is 0.170. The molecule has 1 fully saturated rings. The van der Waals surface area contributed by atoms with Crippen molar-refractivity contribution in [2.75, 3.05) is 18.0 Å². The zero-order valence-electron chi connectivity index (χ0n) is 11.2. The fraction of sp³-hybridized carbons (Fsp3) is 0.357. The molecule has 0 amide bonds. The Morgan fingerprint density at radius 3 is 3.10 bits per heavy atom. The quantitative estimate of drug-likeness (QED) is 0.863. The van der Waals surface area contributed by atoms with Gasteiger partial charge in [0.1, 0.15) is 24.0 Å². The van der Waals surface area contributed by atoms with Crippen molar-refractivity contribution in [1.82, 2.24) is 15.0 Å². The van der Waals surface area contributed by atoms with Gasteiger partial charge in [-0.1, -0.05) is 0 Å². The second-order valence-electron chi connectivity index (χ2n) is 4.80. The summed E-state index contributed by atoms with van der Waals surface area (Å²) in [5, 5.41) is 0. The normalized spacial score (nSPS) is 18.3. The van der Waals surface area contributed by atoms with Crippen LogP contribution in [0.5, 0.6) is 5.75 Å². The molecule has 1 unspecified atom stereocenters. The van der Waals surface area contributed by atoms with Crippen molar-refractivity contribution in [3.8, 4) is 5.75 Å². The molecule has 2 aromatic rings. The van der Waals surface area contributed by atoms with Gasteiger partial charge in [0, 0.05) is 37.1 Å². The van der Waals surface area contributed by atoms with Crippen LogP contribution in [0.3, 0.4) is 0 Å². The van der Waals surface area contributed by atoms with Crippen molar-refractivity contribution in [2.45, 2.75) is 19.4 Å². The first-order chi connectivity index (χ1) is 9.72. The molecular formula is C14H15BrN4O. The fourth-order valence-electron chi connectivity index (χ4n) is 2.28. The molecule has 2 aromatic heterocycles. The highest BCUT2D eigenvalue weighted by Crippen LogP contribution is 2.27. The van der Waals surface area contributed by atoms with Crippen molar-refractivity contribution in [2.24, 2.45) is 0 Å². The van der Waals surface area contributed by atoms with E-state index >= 15 is 0 Å². The predicted molar refractivity (Wildman–Crippen MR) is 80.0 cm³/mol. The molecule has 3 heterocycles. The molecule has 20 heavy (non-hydrogen) atoms. The van der Waals surface area contributed by atoms with Crippen LogP contribution in [0.15, 0.2) is 35.3 Å². The highest BCUT2D eigenvalue weighted by molar-refractivity contribution is 9.10. The van der Waals surface area contributed by atoms with E-state index in [9.17, 15) is 0 Å². The Labute approximate surface area is 126 Å². The van der Waals surface area contributed by atoms with Crippen LogP contribution in [-0.4, -0.2) is 34.1 Å². The van der Waals surface area contributed by atoms with E-state index in [-0.39, 0.29) is 6.10 Å². The Hall–Kier alpha value is -1.69. The third kappa shape index (κ3) is 2.90. The molecule has 1 atom stereocenters. The molecule has 5 nitrogen and oxygen atoms in total. The van der Waals surface area contributed by atoms with Crippen molar-refractivity contribution in [3.05, 3.63) is 41.0 Å². The molecule has 0 N–H and O–H groups in total. The predicted octanol–water partition coefficient (Wildman–Crippen LogP) is 2.60. The number of halogens is 1. The van der Waals surface area contributed by atoms with Gasteiger partial charge < -0.3 is 9.64 Å². The summed E-state index contributed by atoms with van der Waals surface area (Å²) in [6.07, 6.45) is 6.25. The van der Waals surface area contributed by atoms with Crippen LogP contribution in [0.1, 0.15) is 12.1 Å². The molecule has 0 bridgehead atoms. The average molecular weight is 335 g/mol. The highest BCUT2D eigenvalue weighted by atomic mass is 79.9. The number of pyridine rings is 1. The SMILES string of the molecule is Cc1cc(N2CCC(Oc3ccncc3Br)C2)ncn1. The van der Waals surface area contributed by atoms with Crippen LogP contribution in [-0.2, 0) is 0 Å². The summed E-state index contributed by atoms with van der Waals surface area (Å²) in [5.74, 6) is 1.81. The van der Waals surface area contributed by atoms with E-state index in [1.807, 2.05) is 19.1 Å². The maximum Gasteiger partial charge on any atom is 0.137 e. The standard InChI is InChI=1S/C14H15BrN4O/c1-10-6-14(18-9-17-10)19-5-3-11(8-19)20-13-2-4-16-7-12(13)15/h2,4,6-7,9,11H,3,5,8H2,1H3. The number of ether oxygens (including phenoxy) is 1. The zero-order valence-corrected chi connectivity index (χ0v) is 12.7. The molecule has 0 saturated carbocycles. The van der Waals surface area contributed by atoms with Crippen LogP contribution in [0.25, 0.3) is 0 Å². The smallest absolute Gasteiger partial charge is 0.137 e. The lowest BCUT2D eigenvalue weighted by molar-refractivity contribution is 0.223. The van der Waals surface area contributed by atoms with Crippen molar-refractivity contribution in [3.63, 3.8) is 0 Å². The minimum Gasteiger partial charge on any atom is -0.487 e. The summed E-state index contributed by atoms with van der Waals surface area (Å²) < 4.78 is 6.90. The van der Waals surface area contributed by atoms with Crippen molar-refractivity contribution in [1.29, 1.82) is 0 Å². The number of hydrogen-bond donors (Lipinski definition) is 0.